The zero-order valence-electron chi connectivity index (χ0n) is 17.3. The van der Waals surface area contributed by atoms with Gasteiger partial charge in [0.05, 0.1) is 0 Å². The summed E-state index contributed by atoms with van der Waals surface area (Å²) < 4.78 is 6.12. The van der Waals surface area contributed by atoms with E-state index < -0.39 is 0 Å². The second-order valence-electron chi connectivity index (χ2n) is 8.78. The molecule has 0 saturated heterocycles. The first-order valence-electron chi connectivity index (χ1n) is 11.2. The average molecular weight is 399 g/mol. The van der Waals surface area contributed by atoms with Crippen molar-refractivity contribution < 1.29 is 4.42 Å². The van der Waals surface area contributed by atoms with Gasteiger partial charge in [0.15, 0.2) is 0 Å². The summed E-state index contributed by atoms with van der Waals surface area (Å²) in [4.78, 5) is 0. The fourth-order valence-corrected chi connectivity index (χ4v) is 5.44. The van der Waals surface area contributed by atoms with Crippen LogP contribution in [0.3, 0.4) is 0 Å². The molecule has 0 aliphatic heterocycles. The zero-order valence-corrected chi connectivity index (χ0v) is 17.3. The molecule has 0 amide bonds. The van der Waals surface area contributed by atoms with Crippen molar-refractivity contribution >= 4 is 50.2 Å². The van der Waals surface area contributed by atoms with Crippen molar-refractivity contribution in [3.05, 3.63) is 101 Å². The minimum Gasteiger partial charge on any atom is -0.460 e. The summed E-state index contributed by atoms with van der Waals surface area (Å²) in [6, 6.07) is 24.6. The molecule has 1 aromatic heterocycles. The number of hydrogen-bond acceptors (Lipinski definition) is 1. The van der Waals surface area contributed by atoms with Gasteiger partial charge < -0.3 is 4.42 Å². The van der Waals surface area contributed by atoms with E-state index in [-0.39, 0.29) is 0 Å². The lowest BCUT2D eigenvalue weighted by atomic mass is 9.85. The van der Waals surface area contributed by atoms with Crippen LogP contribution in [0.25, 0.3) is 50.2 Å². The number of allylic oxidation sites excluding steroid dienone is 2. The fourth-order valence-electron chi connectivity index (χ4n) is 5.44. The van der Waals surface area contributed by atoms with Gasteiger partial charge in [-0.2, -0.15) is 0 Å². The molecular formula is C30H22O. The van der Waals surface area contributed by atoms with E-state index in [4.69, 9.17) is 4.42 Å². The Morgan fingerprint density at radius 2 is 1.61 bits per heavy atom. The Labute approximate surface area is 181 Å². The molecule has 7 rings (SSSR count). The molecule has 0 spiro atoms. The molecule has 2 aliphatic carbocycles. The Morgan fingerprint density at radius 3 is 2.61 bits per heavy atom. The summed E-state index contributed by atoms with van der Waals surface area (Å²) in [5.74, 6) is 1.13. The molecule has 1 heteroatoms. The maximum atomic E-state index is 6.12. The molecular weight excluding hydrogens is 376 g/mol. The second-order valence-corrected chi connectivity index (χ2v) is 8.78. The first-order valence-corrected chi connectivity index (χ1v) is 11.2. The van der Waals surface area contributed by atoms with Gasteiger partial charge in [-0.3, -0.25) is 0 Å². The molecule has 0 radical (unpaired) electrons. The summed E-state index contributed by atoms with van der Waals surface area (Å²) in [7, 11) is 0. The van der Waals surface area contributed by atoms with Crippen LogP contribution in [0, 0.1) is 0 Å². The Hall–Kier alpha value is -3.58. The SMILES string of the molecule is C1=Cc2c(oc3ccc(C4=Cc5c(ccc6c5ccc5ccccc56)CC4)cc23)CC1. The van der Waals surface area contributed by atoms with Crippen molar-refractivity contribution in [1.82, 2.24) is 0 Å². The maximum Gasteiger partial charge on any atom is 0.134 e. The summed E-state index contributed by atoms with van der Waals surface area (Å²) in [6.45, 7) is 0. The lowest BCUT2D eigenvalue weighted by Crippen LogP contribution is -2.00. The standard InChI is InChI=1S/C30H22O/c1-2-6-23-19(5-1)11-15-25-24(23)14-12-20-9-10-21(17-27(20)25)22-13-16-30-28(18-22)26-7-3-4-8-29(26)31-30/h1-3,5-7,11-18H,4,8-10H2. The number of hydrogen-bond donors (Lipinski definition) is 0. The van der Waals surface area contributed by atoms with Crippen LogP contribution in [0.5, 0.6) is 0 Å². The Kier molecular flexibility index (Phi) is 3.57. The normalized spacial score (nSPS) is 15.3. The van der Waals surface area contributed by atoms with Crippen LogP contribution in [-0.2, 0) is 12.8 Å². The highest BCUT2D eigenvalue weighted by molar-refractivity contribution is 6.11. The van der Waals surface area contributed by atoms with Crippen molar-refractivity contribution in [1.29, 1.82) is 0 Å². The highest BCUT2D eigenvalue weighted by Crippen LogP contribution is 2.39. The van der Waals surface area contributed by atoms with Crippen molar-refractivity contribution in [3.63, 3.8) is 0 Å². The number of fused-ring (bicyclic) bond motifs is 8. The van der Waals surface area contributed by atoms with Crippen molar-refractivity contribution in [2.24, 2.45) is 0 Å². The average Bonchev–Trinajstić information content (AvgIpc) is 3.21. The Bertz CT molecular complexity index is 1580. The largest absolute Gasteiger partial charge is 0.460 e. The van der Waals surface area contributed by atoms with Crippen LogP contribution < -0.4 is 0 Å². The molecule has 148 valence electrons. The van der Waals surface area contributed by atoms with Crippen molar-refractivity contribution in [3.8, 4) is 0 Å². The summed E-state index contributed by atoms with van der Waals surface area (Å²) >= 11 is 0. The van der Waals surface area contributed by atoms with Crippen LogP contribution in [0.4, 0.5) is 0 Å². The van der Waals surface area contributed by atoms with Gasteiger partial charge in [0, 0.05) is 17.4 Å². The third-order valence-corrected chi connectivity index (χ3v) is 7.04. The molecule has 0 fully saturated rings. The van der Waals surface area contributed by atoms with Crippen LogP contribution >= 0.6 is 0 Å². The molecule has 5 aromatic rings. The molecule has 0 N–H and O–H groups in total. The lowest BCUT2D eigenvalue weighted by molar-refractivity contribution is 0.546. The van der Waals surface area contributed by atoms with Gasteiger partial charge in [0.1, 0.15) is 11.3 Å². The molecule has 31 heavy (non-hydrogen) atoms. The summed E-state index contributed by atoms with van der Waals surface area (Å²) in [5, 5.41) is 6.59. The maximum absolute atomic E-state index is 6.12. The van der Waals surface area contributed by atoms with Crippen molar-refractivity contribution in [2.45, 2.75) is 25.7 Å². The van der Waals surface area contributed by atoms with Crippen LogP contribution in [0.2, 0.25) is 0 Å². The van der Waals surface area contributed by atoms with E-state index in [1.54, 1.807) is 0 Å². The van der Waals surface area contributed by atoms with Gasteiger partial charge in [-0.05, 0) is 75.2 Å². The summed E-state index contributed by atoms with van der Waals surface area (Å²) in [6.07, 6.45) is 11.2. The van der Waals surface area contributed by atoms with Crippen LogP contribution in [-0.4, -0.2) is 0 Å². The predicted molar refractivity (Wildman–Crippen MR) is 131 cm³/mol. The minimum absolute atomic E-state index is 1.01. The quantitative estimate of drug-likeness (QED) is 0.259. The van der Waals surface area contributed by atoms with Gasteiger partial charge in [0.2, 0.25) is 0 Å². The molecule has 0 bridgehead atoms. The number of benzene rings is 4. The van der Waals surface area contributed by atoms with E-state index in [1.807, 2.05) is 0 Å². The van der Waals surface area contributed by atoms with E-state index in [0.717, 1.165) is 37.0 Å². The minimum atomic E-state index is 1.01. The van der Waals surface area contributed by atoms with Gasteiger partial charge in [-0.25, -0.2) is 0 Å². The highest BCUT2D eigenvalue weighted by Gasteiger charge is 2.18. The third-order valence-electron chi connectivity index (χ3n) is 7.04. The van der Waals surface area contributed by atoms with Gasteiger partial charge in [-0.15, -0.1) is 0 Å². The number of furan rings is 1. The van der Waals surface area contributed by atoms with Crippen LogP contribution in [0.15, 0.2) is 77.2 Å². The third kappa shape index (κ3) is 2.56. The molecule has 1 nitrogen and oxygen atoms in total. The van der Waals surface area contributed by atoms with E-state index in [2.05, 4.69) is 85.0 Å². The molecule has 0 unspecified atom stereocenters. The lowest BCUT2D eigenvalue weighted by Gasteiger charge is -2.19. The summed E-state index contributed by atoms with van der Waals surface area (Å²) in [5.41, 5.74) is 7.86. The zero-order chi connectivity index (χ0) is 20.4. The van der Waals surface area contributed by atoms with E-state index in [0.29, 0.717) is 0 Å². The molecule has 2 aliphatic rings. The Balaban J connectivity index is 1.42. The molecule has 4 aromatic carbocycles. The first-order chi connectivity index (χ1) is 15.3. The monoisotopic (exact) mass is 398 g/mol. The smallest absolute Gasteiger partial charge is 0.134 e. The fraction of sp³-hybridized carbons (Fsp3) is 0.133. The predicted octanol–water partition coefficient (Wildman–Crippen LogP) is 8.19. The van der Waals surface area contributed by atoms with Gasteiger partial charge in [0.25, 0.3) is 0 Å². The number of aryl methyl sites for hydroxylation is 2. The van der Waals surface area contributed by atoms with Crippen LogP contribution in [0.1, 0.15) is 40.9 Å². The van der Waals surface area contributed by atoms with E-state index in [1.165, 1.54) is 54.8 Å². The molecule has 0 saturated carbocycles. The van der Waals surface area contributed by atoms with E-state index in [9.17, 15) is 0 Å². The van der Waals surface area contributed by atoms with Crippen molar-refractivity contribution in [2.75, 3.05) is 0 Å². The molecule has 0 atom stereocenters. The molecule has 1 heterocycles. The number of rotatable bonds is 1. The first kappa shape index (κ1) is 17.1. The topological polar surface area (TPSA) is 13.1 Å². The van der Waals surface area contributed by atoms with E-state index >= 15 is 0 Å². The van der Waals surface area contributed by atoms with Gasteiger partial charge in [-0.1, -0.05) is 72.8 Å². The highest BCUT2D eigenvalue weighted by atomic mass is 16.3. The Morgan fingerprint density at radius 1 is 0.677 bits per heavy atom. The van der Waals surface area contributed by atoms with Gasteiger partial charge >= 0.3 is 0 Å². The second kappa shape index (κ2) is 6.46.